The summed E-state index contributed by atoms with van der Waals surface area (Å²) >= 11 is 0. The van der Waals surface area contributed by atoms with Gasteiger partial charge in [0.25, 0.3) is 0 Å². The number of nitrogens with zero attached hydrogens (tertiary/aromatic N) is 4. The quantitative estimate of drug-likeness (QED) is 0.701. The van der Waals surface area contributed by atoms with Gasteiger partial charge in [-0.25, -0.2) is 4.68 Å². The van der Waals surface area contributed by atoms with E-state index in [0.29, 0.717) is 5.75 Å². The van der Waals surface area contributed by atoms with Crippen LogP contribution >= 0.6 is 0 Å². The molecule has 0 radical (unpaired) electrons. The SMILES string of the molecule is Cn1nnc2cc(OCC#N)ccc21. The lowest BCUT2D eigenvalue weighted by atomic mass is 10.3. The van der Waals surface area contributed by atoms with Gasteiger partial charge in [-0.15, -0.1) is 5.10 Å². The fourth-order valence-electron chi connectivity index (χ4n) is 1.23. The molecule has 0 N–H and O–H groups in total. The van der Waals surface area contributed by atoms with Crippen LogP contribution in [-0.4, -0.2) is 21.6 Å². The van der Waals surface area contributed by atoms with Crippen LogP contribution in [0.25, 0.3) is 11.0 Å². The molecule has 1 aromatic heterocycles. The van der Waals surface area contributed by atoms with Gasteiger partial charge in [-0.3, -0.25) is 0 Å². The molecule has 0 saturated heterocycles. The summed E-state index contributed by atoms with van der Waals surface area (Å²) in [6.07, 6.45) is 0. The van der Waals surface area contributed by atoms with E-state index in [2.05, 4.69) is 10.3 Å². The fourth-order valence-corrected chi connectivity index (χ4v) is 1.23. The van der Waals surface area contributed by atoms with Crippen molar-refractivity contribution >= 4 is 11.0 Å². The van der Waals surface area contributed by atoms with E-state index < -0.39 is 0 Å². The van der Waals surface area contributed by atoms with Crippen LogP contribution in [0.3, 0.4) is 0 Å². The van der Waals surface area contributed by atoms with Crippen molar-refractivity contribution < 1.29 is 4.74 Å². The van der Waals surface area contributed by atoms with Crippen LogP contribution in [0.5, 0.6) is 5.75 Å². The van der Waals surface area contributed by atoms with Crippen LogP contribution < -0.4 is 4.74 Å². The zero-order chi connectivity index (χ0) is 9.97. The van der Waals surface area contributed by atoms with Gasteiger partial charge in [-0.1, -0.05) is 5.21 Å². The van der Waals surface area contributed by atoms with E-state index in [1.165, 1.54) is 0 Å². The van der Waals surface area contributed by atoms with E-state index in [-0.39, 0.29) is 6.61 Å². The number of ether oxygens (including phenoxy) is 1. The third-order valence-electron chi connectivity index (χ3n) is 1.89. The zero-order valence-corrected chi connectivity index (χ0v) is 7.64. The molecular formula is C9H8N4O. The Bertz CT molecular complexity index is 497. The van der Waals surface area contributed by atoms with E-state index in [1.54, 1.807) is 16.8 Å². The molecule has 0 aliphatic carbocycles. The predicted molar refractivity (Wildman–Crippen MR) is 49.6 cm³/mol. The second-order valence-corrected chi connectivity index (χ2v) is 2.81. The monoisotopic (exact) mass is 188 g/mol. The number of aromatic nitrogens is 3. The summed E-state index contributed by atoms with van der Waals surface area (Å²) in [4.78, 5) is 0. The molecule has 0 aliphatic heterocycles. The van der Waals surface area contributed by atoms with E-state index in [1.807, 2.05) is 19.2 Å². The third kappa shape index (κ3) is 1.38. The van der Waals surface area contributed by atoms with Crippen LogP contribution in [0.1, 0.15) is 0 Å². The molecule has 2 rings (SSSR count). The Morgan fingerprint density at radius 2 is 2.43 bits per heavy atom. The highest BCUT2D eigenvalue weighted by Gasteiger charge is 2.02. The Labute approximate surface area is 80.5 Å². The van der Waals surface area contributed by atoms with Crippen molar-refractivity contribution in [1.29, 1.82) is 5.26 Å². The van der Waals surface area contributed by atoms with Crippen LogP contribution in [0, 0.1) is 11.3 Å². The largest absolute Gasteiger partial charge is 0.479 e. The lowest BCUT2D eigenvalue weighted by Crippen LogP contribution is -1.93. The highest BCUT2D eigenvalue weighted by Crippen LogP contribution is 2.17. The van der Waals surface area contributed by atoms with Gasteiger partial charge < -0.3 is 4.74 Å². The molecule has 0 spiro atoms. The second-order valence-electron chi connectivity index (χ2n) is 2.81. The van der Waals surface area contributed by atoms with E-state index in [4.69, 9.17) is 10.00 Å². The van der Waals surface area contributed by atoms with Crippen LogP contribution in [0.2, 0.25) is 0 Å². The number of hydrogen-bond acceptors (Lipinski definition) is 4. The Hall–Kier alpha value is -2.09. The van der Waals surface area contributed by atoms with Gasteiger partial charge in [-0.05, 0) is 12.1 Å². The Morgan fingerprint density at radius 1 is 1.57 bits per heavy atom. The molecule has 5 nitrogen and oxygen atoms in total. The summed E-state index contributed by atoms with van der Waals surface area (Å²) in [6, 6.07) is 7.33. The van der Waals surface area contributed by atoms with Gasteiger partial charge in [0.1, 0.15) is 17.3 Å². The number of benzene rings is 1. The first-order valence-corrected chi connectivity index (χ1v) is 4.10. The first-order chi connectivity index (χ1) is 6.81. The molecular weight excluding hydrogens is 180 g/mol. The topological polar surface area (TPSA) is 63.7 Å². The normalized spacial score (nSPS) is 10.0. The number of fused-ring (bicyclic) bond motifs is 1. The molecule has 14 heavy (non-hydrogen) atoms. The minimum absolute atomic E-state index is 0.0474. The molecule has 0 amide bonds. The molecule has 70 valence electrons. The summed E-state index contributed by atoms with van der Waals surface area (Å²) in [6.45, 7) is 0.0474. The van der Waals surface area contributed by atoms with E-state index >= 15 is 0 Å². The maximum atomic E-state index is 8.34. The van der Waals surface area contributed by atoms with Gasteiger partial charge in [0, 0.05) is 13.1 Å². The van der Waals surface area contributed by atoms with Crippen molar-refractivity contribution in [2.24, 2.45) is 7.05 Å². The summed E-state index contributed by atoms with van der Waals surface area (Å²) in [7, 11) is 1.82. The first-order valence-electron chi connectivity index (χ1n) is 4.10. The highest BCUT2D eigenvalue weighted by molar-refractivity contribution is 5.75. The van der Waals surface area contributed by atoms with Gasteiger partial charge in [0.2, 0.25) is 0 Å². The molecule has 1 heterocycles. The van der Waals surface area contributed by atoms with Crippen molar-refractivity contribution in [3.05, 3.63) is 18.2 Å². The van der Waals surface area contributed by atoms with Crippen molar-refractivity contribution in [3.8, 4) is 11.8 Å². The minimum atomic E-state index is 0.0474. The smallest absolute Gasteiger partial charge is 0.174 e. The first kappa shape index (κ1) is 8.51. The second kappa shape index (κ2) is 3.34. The number of hydrogen-bond donors (Lipinski definition) is 0. The Balaban J connectivity index is 2.38. The molecule has 0 saturated carbocycles. The molecule has 2 aromatic rings. The molecule has 0 aliphatic rings. The molecule has 0 bridgehead atoms. The average molecular weight is 188 g/mol. The number of rotatable bonds is 2. The van der Waals surface area contributed by atoms with Crippen LogP contribution in [0.4, 0.5) is 0 Å². The molecule has 1 aromatic carbocycles. The number of nitriles is 1. The Kier molecular flexibility index (Phi) is 2.03. The maximum Gasteiger partial charge on any atom is 0.174 e. The van der Waals surface area contributed by atoms with Crippen LogP contribution in [-0.2, 0) is 7.05 Å². The predicted octanol–water partition coefficient (Wildman–Crippen LogP) is 0.871. The average Bonchev–Trinajstić information content (AvgIpc) is 2.57. The molecule has 0 fully saturated rings. The van der Waals surface area contributed by atoms with Gasteiger partial charge in [-0.2, -0.15) is 5.26 Å². The standard InChI is InChI=1S/C9H8N4O/c1-13-9-3-2-7(14-5-4-10)6-8(9)11-12-13/h2-3,6H,5H2,1H3. The maximum absolute atomic E-state index is 8.34. The van der Waals surface area contributed by atoms with Crippen LogP contribution in [0.15, 0.2) is 18.2 Å². The lowest BCUT2D eigenvalue weighted by molar-refractivity contribution is 0.368. The summed E-state index contributed by atoms with van der Waals surface area (Å²) in [5.74, 6) is 0.638. The van der Waals surface area contributed by atoms with Crippen molar-refractivity contribution in [3.63, 3.8) is 0 Å². The fraction of sp³-hybridized carbons (Fsp3) is 0.222. The number of aryl methyl sites for hydroxylation is 1. The lowest BCUT2D eigenvalue weighted by Gasteiger charge is -1.99. The van der Waals surface area contributed by atoms with Gasteiger partial charge >= 0.3 is 0 Å². The molecule has 0 atom stereocenters. The summed E-state index contributed by atoms with van der Waals surface area (Å²) in [5.41, 5.74) is 1.71. The summed E-state index contributed by atoms with van der Waals surface area (Å²) < 4.78 is 6.82. The molecule has 5 heteroatoms. The van der Waals surface area contributed by atoms with Crippen molar-refractivity contribution in [1.82, 2.24) is 15.0 Å². The minimum Gasteiger partial charge on any atom is -0.479 e. The highest BCUT2D eigenvalue weighted by atomic mass is 16.5. The van der Waals surface area contributed by atoms with Crippen molar-refractivity contribution in [2.45, 2.75) is 0 Å². The third-order valence-corrected chi connectivity index (χ3v) is 1.89. The zero-order valence-electron chi connectivity index (χ0n) is 7.64. The van der Waals surface area contributed by atoms with E-state index in [9.17, 15) is 0 Å². The van der Waals surface area contributed by atoms with Gasteiger partial charge in [0.15, 0.2) is 6.61 Å². The van der Waals surface area contributed by atoms with Gasteiger partial charge in [0.05, 0.1) is 5.52 Å². The summed E-state index contributed by atoms with van der Waals surface area (Å²) in [5, 5.41) is 16.1. The van der Waals surface area contributed by atoms with E-state index in [0.717, 1.165) is 11.0 Å². The Morgan fingerprint density at radius 3 is 3.21 bits per heavy atom. The van der Waals surface area contributed by atoms with Crippen molar-refractivity contribution in [2.75, 3.05) is 6.61 Å². The molecule has 0 unspecified atom stereocenters.